The number of hydrogen-bond acceptors (Lipinski definition) is 2. The number of halogens is 2. The van der Waals surface area contributed by atoms with Crippen LogP contribution in [0.2, 0.25) is 5.02 Å². The van der Waals surface area contributed by atoms with Gasteiger partial charge in [-0.15, -0.1) is 0 Å². The molecule has 2 rings (SSSR count). The summed E-state index contributed by atoms with van der Waals surface area (Å²) in [5, 5.41) is 3.08. The summed E-state index contributed by atoms with van der Waals surface area (Å²) in [5.41, 5.74) is 0.980. The van der Waals surface area contributed by atoms with Crippen LogP contribution in [0.15, 0.2) is 48.5 Å². The summed E-state index contributed by atoms with van der Waals surface area (Å²) in [6, 6.07) is 13.2. The van der Waals surface area contributed by atoms with E-state index >= 15 is 0 Å². The summed E-state index contributed by atoms with van der Waals surface area (Å²) >= 11 is 5.94. The lowest BCUT2D eigenvalue weighted by Crippen LogP contribution is -2.26. The number of carbonyl (C=O) groups is 2. The SMILES string of the molecule is O=C(CCC(=O)c1ccccc1Cl)NCCc1ccccc1F. The van der Waals surface area contributed by atoms with Crippen molar-refractivity contribution in [2.45, 2.75) is 19.3 Å². The molecular weight excluding hydrogens is 317 g/mol. The molecular formula is C18H17ClFNO2. The molecule has 5 heteroatoms. The molecule has 1 amide bonds. The third-order valence-corrected chi connectivity index (χ3v) is 3.76. The Bertz CT molecular complexity index is 703. The molecule has 0 aliphatic heterocycles. The minimum Gasteiger partial charge on any atom is -0.356 e. The predicted molar refractivity (Wildman–Crippen MR) is 88.1 cm³/mol. The highest BCUT2D eigenvalue weighted by atomic mass is 35.5. The van der Waals surface area contributed by atoms with E-state index in [2.05, 4.69) is 5.32 Å². The number of hydrogen-bond donors (Lipinski definition) is 1. The van der Waals surface area contributed by atoms with Crippen LogP contribution in [0.4, 0.5) is 4.39 Å². The lowest BCUT2D eigenvalue weighted by molar-refractivity contribution is -0.121. The standard InChI is InChI=1S/C18H17ClFNO2/c19-15-7-3-2-6-14(15)17(22)9-10-18(23)21-12-11-13-5-1-4-8-16(13)20/h1-8H,9-12H2,(H,21,23). The maximum Gasteiger partial charge on any atom is 0.220 e. The van der Waals surface area contributed by atoms with E-state index in [1.807, 2.05) is 0 Å². The molecule has 0 aliphatic carbocycles. The van der Waals surface area contributed by atoms with E-state index in [9.17, 15) is 14.0 Å². The van der Waals surface area contributed by atoms with Gasteiger partial charge in [0.1, 0.15) is 5.82 Å². The molecule has 0 aromatic heterocycles. The van der Waals surface area contributed by atoms with Gasteiger partial charge in [-0.2, -0.15) is 0 Å². The molecule has 0 atom stereocenters. The molecule has 0 spiro atoms. The van der Waals surface area contributed by atoms with Crippen molar-refractivity contribution in [3.05, 3.63) is 70.5 Å². The minimum atomic E-state index is -0.282. The summed E-state index contributed by atoms with van der Waals surface area (Å²) in [7, 11) is 0. The van der Waals surface area contributed by atoms with E-state index in [4.69, 9.17) is 11.6 Å². The van der Waals surface area contributed by atoms with E-state index in [0.29, 0.717) is 29.1 Å². The van der Waals surface area contributed by atoms with Gasteiger partial charge >= 0.3 is 0 Å². The van der Waals surface area contributed by atoms with Gasteiger partial charge in [-0.25, -0.2) is 4.39 Å². The smallest absolute Gasteiger partial charge is 0.220 e. The minimum absolute atomic E-state index is 0.0847. The second kappa shape index (κ2) is 8.44. The molecule has 2 aromatic carbocycles. The molecule has 0 unspecified atom stereocenters. The van der Waals surface area contributed by atoms with Crippen LogP contribution in [-0.2, 0) is 11.2 Å². The van der Waals surface area contributed by atoms with Gasteiger partial charge in [0.15, 0.2) is 5.78 Å². The van der Waals surface area contributed by atoms with Gasteiger partial charge in [-0.1, -0.05) is 41.9 Å². The van der Waals surface area contributed by atoms with Gasteiger partial charge in [0, 0.05) is 24.9 Å². The molecule has 0 fully saturated rings. The Morgan fingerprint density at radius 2 is 1.70 bits per heavy atom. The molecule has 0 saturated carbocycles. The maximum atomic E-state index is 13.4. The second-order valence-corrected chi connectivity index (χ2v) is 5.50. The lowest BCUT2D eigenvalue weighted by atomic mass is 10.1. The summed E-state index contributed by atoms with van der Waals surface area (Å²) in [6.07, 6.45) is 0.591. The molecule has 120 valence electrons. The van der Waals surface area contributed by atoms with Crippen molar-refractivity contribution in [3.8, 4) is 0 Å². The van der Waals surface area contributed by atoms with Gasteiger partial charge in [-0.3, -0.25) is 9.59 Å². The summed E-state index contributed by atoms with van der Waals surface area (Å²) in [5.74, 6) is -0.683. The summed E-state index contributed by atoms with van der Waals surface area (Å²) in [6.45, 7) is 0.333. The first-order valence-electron chi connectivity index (χ1n) is 7.36. The van der Waals surface area contributed by atoms with Crippen LogP contribution in [0.1, 0.15) is 28.8 Å². The third-order valence-electron chi connectivity index (χ3n) is 3.43. The number of rotatable bonds is 7. The fourth-order valence-corrected chi connectivity index (χ4v) is 2.42. The van der Waals surface area contributed by atoms with Crippen molar-refractivity contribution in [3.63, 3.8) is 0 Å². The zero-order valence-corrected chi connectivity index (χ0v) is 13.3. The Balaban J connectivity index is 1.74. The number of benzene rings is 2. The largest absolute Gasteiger partial charge is 0.356 e. The normalized spacial score (nSPS) is 10.3. The molecule has 1 N–H and O–H groups in total. The quantitative estimate of drug-likeness (QED) is 0.783. The number of carbonyl (C=O) groups excluding carboxylic acids is 2. The van der Waals surface area contributed by atoms with Crippen LogP contribution in [0.5, 0.6) is 0 Å². The van der Waals surface area contributed by atoms with Crippen molar-refractivity contribution >= 4 is 23.3 Å². The van der Waals surface area contributed by atoms with Gasteiger partial charge in [0.25, 0.3) is 0 Å². The van der Waals surface area contributed by atoms with E-state index < -0.39 is 0 Å². The fourth-order valence-electron chi connectivity index (χ4n) is 2.18. The van der Waals surface area contributed by atoms with Gasteiger partial charge in [0.05, 0.1) is 5.02 Å². The van der Waals surface area contributed by atoms with Crippen molar-refractivity contribution < 1.29 is 14.0 Å². The van der Waals surface area contributed by atoms with Crippen LogP contribution < -0.4 is 5.32 Å². The Hall–Kier alpha value is -2.20. The first-order valence-corrected chi connectivity index (χ1v) is 7.73. The molecule has 0 radical (unpaired) electrons. The fraction of sp³-hybridized carbons (Fsp3) is 0.222. The molecule has 0 heterocycles. The van der Waals surface area contributed by atoms with Crippen LogP contribution in [0.3, 0.4) is 0 Å². The average molecular weight is 334 g/mol. The van der Waals surface area contributed by atoms with E-state index in [-0.39, 0.29) is 30.3 Å². The van der Waals surface area contributed by atoms with Crippen LogP contribution in [0.25, 0.3) is 0 Å². The molecule has 2 aromatic rings. The monoisotopic (exact) mass is 333 g/mol. The molecule has 0 bridgehead atoms. The highest BCUT2D eigenvalue weighted by Gasteiger charge is 2.12. The Labute approximate surface area is 139 Å². The topological polar surface area (TPSA) is 46.2 Å². The van der Waals surface area contributed by atoms with Crippen molar-refractivity contribution in [1.29, 1.82) is 0 Å². The van der Waals surface area contributed by atoms with Gasteiger partial charge in [0.2, 0.25) is 5.91 Å². The highest BCUT2D eigenvalue weighted by molar-refractivity contribution is 6.34. The van der Waals surface area contributed by atoms with Crippen molar-refractivity contribution in [2.24, 2.45) is 0 Å². The third kappa shape index (κ3) is 5.18. The maximum absolute atomic E-state index is 13.4. The second-order valence-electron chi connectivity index (χ2n) is 5.09. The van der Waals surface area contributed by atoms with Crippen LogP contribution in [-0.4, -0.2) is 18.2 Å². The first-order chi connectivity index (χ1) is 11.1. The molecule has 0 saturated heterocycles. The Morgan fingerprint density at radius 3 is 2.43 bits per heavy atom. The van der Waals surface area contributed by atoms with Gasteiger partial charge in [-0.05, 0) is 30.2 Å². The number of amides is 1. The lowest BCUT2D eigenvalue weighted by Gasteiger charge is -2.06. The zero-order chi connectivity index (χ0) is 16.7. The van der Waals surface area contributed by atoms with E-state index in [1.54, 1.807) is 42.5 Å². The predicted octanol–water partition coefficient (Wildman–Crippen LogP) is 3.80. The number of nitrogens with one attached hydrogen (secondary N) is 1. The zero-order valence-electron chi connectivity index (χ0n) is 12.5. The van der Waals surface area contributed by atoms with Crippen molar-refractivity contribution in [2.75, 3.05) is 6.54 Å². The average Bonchev–Trinajstić information content (AvgIpc) is 2.55. The Morgan fingerprint density at radius 1 is 1.00 bits per heavy atom. The summed E-state index contributed by atoms with van der Waals surface area (Å²) in [4.78, 5) is 23.7. The van der Waals surface area contributed by atoms with E-state index in [0.717, 1.165) is 0 Å². The number of ketones is 1. The molecule has 3 nitrogen and oxygen atoms in total. The highest BCUT2D eigenvalue weighted by Crippen LogP contribution is 2.17. The van der Waals surface area contributed by atoms with Gasteiger partial charge < -0.3 is 5.32 Å². The summed E-state index contributed by atoms with van der Waals surface area (Å²) < 4.78 is 13.4. The van der Waals surface area contributed by atoms with Crippen LogP contribution >= 0.6 is 11.6 Å². The number of Topliss-reactive ketones (excluding diaryl/α,β-unsaturated/α-hetero) is 1. The van der Waals surface area contributed by atoms with Crippen molar-refractivity contribution in [1.82, 2.24) is 5.32 Å². The van der Waals surface area contributed by atoms with Crippen LogP contribution in [0, 0.1) is 5.82 Å². The molecule has 23 heavy (non-hydrogen) atoms. The Kier molecular flexibility index (Phi) is 6.29. The first kappa shape index (κ1) is 17.2. The van der Waals surface area contributed by atoms with E-state index in [1.165, 1.54) is 6.07 Å². The molecule has 0 aliphatic rings.